The molecule has 26 heavy (non-hydrogen) atoms. The van der Waals surface area contributed by atoms with E-state index >= 15 is 0 Å². The molecule has 0 amide bonds. The van der Waals surface area contributed by atoms with Crippen LogP contribution in [0.5, 0.6) is 11.5 Å². The molecule has 3 aromatic rings. The van der Waals surface area contributed by atoms with Crippen molar-refractivity contribution in [3.05, 3.63) is 71.6 Å². The van der Waals surface area contributed by atoms with Crippen molar-refractivity contribution in [2.45, 2.75) is 6.54 Å². The molecule has 1 aromatic heterocycles. The fraction of sp³-hybridized carbons (Fsp3) is 0.150. The first-order valence-corrected chi connectivity index (χ1v) is 8.35. The summed E-state index contributed by atoms with van der Waals surface area (Å²) in [6.07, 6.45) is 3.47. The quantitative estimate of drug-likeness (QED) is 0.492. The van der Waals surface area contributed by atoms with Crippen LogP contribution >= 0.6 is 11.6 Å². The van der Waals surface area contributed by atoms with Crippen LogP contribution in [0, 0.1) is 0 Å². The van der Waals surface area contributed by atoms with E-state index in [0.717, 1.165) is 11.3 Å². The number of nitrogens with zero attached hydrogens (tertiary/aromatic N) is 2. The number of carbonyl (C=O) groups is 1. The van der Waals surface area contributed by atoms with E-state index in [0.29, 0.717) is 22.1 Å². The van der Waals surface area contributed by atoms with Crippen LogP contribution in [-0.4, -0.2) is 25.0 Å². The van der Waals surface area contributed by atoms with Crippen LogP contribution in [0.4, 0.5) is 0 Å². The summed E-state index contributed by atoms with van der Waals surface area (Å²) in [5, 5.41) is 0.607. The first kappa shape index (κ1) is 17.9. The molecular formula is C20H18ClN2O3+. The standard InChI is InChI=1S/C20H18ClN2O3/c1-25-19-8-5-15(11-20(19)26-2)17-9-10-23(13-22-17)12-18(24)14-3-6-16(21)7-4-14/h3-11,13H,12H2,1-2H3/q+1. The van der Waals surface area contributed by atoms with Gasteiger partial charge >= 0.3 is 0 Å². The molecule has 0 atom stereocenters. The Bertz CT molecular complexity index is 909. The zero-order chi connectivity index (χ0) is 18.5. The van der Waals surface area contributed by atoms with Gasteiger partial charge in [0.25, 0.3) is 6.33 Å². The Labute approximate surface area is 156 Å². The van der Waals surface area contributed by atoms with Gasteiger partial charge in [0.2, 0.25) is 5.78 Å². The van der Waals surface area contributed by atoms with Crippen LogP contribution in [0.3, 0.4) is 0 Å². The molecule has 0 fully saturated rings. The van der Waals surface area contributed by atoms with Gasteiger partial charge in [0, 0.05) is 22.2 Å². The van der Waals surface area contributed by atoms with Crippen molar-refractivity contribution in [2.24, 2.45) is 0 Å². The predicted octanol–water partition coefficient (Wildman–Crippen LogP) is 3.59. The van der Waals surface area contributed by atoms with Crippen molar-refractivity contribution in [1.29, 1.82) is 0 Å². The lowest BCUT2D eigenvalue weighted by molar-refractivity contribution is -0.686. The summed E-state index contributed by atoms with van der Waals surface area (Å²) in [5.74, 6) is 1.30. The monoisotopic (exact) mass is 369 g/mol. The second kappa shape index (κ2) is 7.97. The van der Waals surface area contributed by atoms with Gasteiger partial charge in [-0.25, -0.2) is 4.57 Å². The fourth-order valence-electron chi connectivity index (χ4n) is 2.54. The van der Waals surface area contributed by atoms with Gasteiger partial charge in [-0.1, -0.05) is 11.6 Å². The number of methoxy groups -OCH3 is 2. The highest BCUT2D eigenvalue weighted by molar-refractivity contribution is 6.30. The highest BCUT2D eigenvalue weighted by Gasteiger charge is 2.13. The summed E-state index contributed by atoms with van der Waals surface area (Å²) in [6.45, 7) is 0.209. The van der Waals surface area contributed by atoms with Gasteiger partial charge in [-0.05, 0) is 47.4 Å². The van der Waals surface area contributed by atoms with Crippen molar-refractivity contribution in [3.63, 3.8) is 0 Å². The van der Waals surface area contributed by atoms with E-state index in [1.165, 1.54) is 0 Å². The van der Waals surface area contributed by atoms with Crippen molar-refractivity contribution in [2.75, 3.05) is 14.2 Å². The third kappa shape index (κ3) is 4.00. The number of Topliss-reactive ketones (excluding diaryl/α,β-unsaturated/α-hetero) is 1. The maximum absolute atomic E-state index is 12.3. The molecular weight excluding hydrogens is 352 g/mol. The summed E-state index contributed by atoms with van der Waals surface area (Å²) in [5.41, 5.74) is 2.30. The van der Waals surface area contributed by atoms with Crippen LogP contribution in [0.15, 0.2) is 61.1 Å². The summed E-state index contributed by atoms with van der Waals surface area (Å²) < 4.78 is 12.3. The lowest BCUT2D eigenvalue weighted by atomic mass is 10.1. The SMILES string of the molecule is COc1ccc(-c2cc[n+](CC(=O)c3ccc(Cl)cc3)cn2)cc1OC. The molecule has 0 aliphatic rings. The molecule has 0 aliphatic heterocycles. The van der Waals surface area contributed by atoms with Crippen LogP contribution in [0.2, 0.25) is 5.02 Å². The van der Waals surface area contributed by atoms with Gasteiger partial charge in [0.1, 0.15) is 0 Å². The first-order valence-electron chi connectivity index (χ1n) is 7.97. The van der Waals surface area contributed by atoms with Gasteiger partial charge in [-0.3, -0.25) is 4.79 Å². The van der Waals surface area contributed by atoms with Crippen LogP contribution in [0.1, 0.15) is 10.4 Å². The molecule has 0 bridgehead atoms. The van der Waals surface area contributed by atoms with E-state index < -0.39 is 0 Å². The Morgan fingerprint density at radius 2 is 1.77 bits per heavy atom. The molecule has 0 saturated carbocycles. The summed E-state index contributed by atoms with van der Waals surface area (Å²) in [4.78, 5) is 16.7. The molecule has 0 saturated heterocycles. The molecule has 6 heteroatoms. The number of hydrogen-bond donors (Lipinski definition) is 0. The largest absolute Gasteiger partial charge is 0.493 e. The normalized spacial score (nSPS) is 10.4. The highest BCUT2D eigenvalue weighted by atomic mass is 35.5. The Morgan fingerprint density at radius 1 is 1.04 bits per heavy atom. The number of ether oxygens (including phenoxy) is 2. The molecule has 1 heterocycles. The third-order valence-corrected chi connectivity index (χ3v) is 4.19. The third-order valence-electron chi connectivity index (χ3n) is 3.94. The molecule has 132 valence electrons. The molecule has 5 nitrogen and oxygen atoms in total. The van der Waals surface area contributed by atoms with Gasteiger partial charge in [-0.2, -0.15) is 0 Å². The van der Waals surface area contributed by atoms with E-state index in [1.54, 1.807) is 49.4 Å². The van der Waals surface area contributed by atoms with Crippen LogP contribution in [-0.2, 0) is 6.54 Å². The molecule has 0 unspecified atom stereocenters. The number of rotatable bonds is 6. The molecule has 2 aromatic carbocycles. The molecule has 3 rings (SSSR count). The summed E-state index contributed by atoms with van der Waals surface area (Å²) in [7, 11) is 3.19. The number of ketones is 1. The zero-order valence-electron chi connectivity index (χ0n) is 14.5. The highest BCUT2D eigenvalue weighted by Crippen LogP contribution is 2.31. The average molecular weight is 370 g/mol. The van der Waals surface area contributed by atoms with Gasteiger partial charge < -0.3 is 9.47 Å². The summed E-state index contributed by atoms with van der Waals surface area (Å²) >= 11 is 5.85. The molecule has 0 N–H and O–H groups in total. The zero-order valence-corrected chi connectivity index (χ0v) is 15.2. The van der Waals surface area contributed by atoms with E-state index in [9.17, 15) is 4.79 Å². The van der Waals surface area contributed by atoms with Gasteiger partial charge in [0.05, 0.1) is 20.4 Å². The van der Waals surface area contributed by atoms with E-state index in [4.69, 9.17) is 21.1 Å². The van der Waals surface area contributed by atoms with E-state index in [-0.39, 0.29) is 12.3 Å². The maximum atomic E-state index is 12.3. The number of hydrogen-bond acceptors (Lipinski definition) is 4. The fourth-order valence-corrected chi connectivity index (χ4v) is 2.66. The Kier molecular flexibility index (Phi) is 5.49. The smallest absolute Gasteiger partial charge is 0.287 e. The molecule has 0 aliphatic carbocycles. The van der Waals surface area contributed by atoms with E-state index in [1.807, 2.05) is 30.5 Å². The van der Waals surface area contributed by atoms with Gasteiger partial charge in [0.15, 0.2) is 23.7 Å². The second-order valence-electron chi connectivity index (χ2n) is 5.62. The van der Waals surface area contributed by atoms with E-state index in [2.05, 4.69) is 4.98 Å². The lowest BCUT2D eigenvalue weighted by Gasteiger charge is -2.08. The van der Waals surface area contributed by atoms with Crippen LogP contribution < -0.4 is 14.0 Å². The first-order chi connectivity index (χ1) is 12.6. The van der Waals surface area contributed by atoms with Crippen molar-refractivity contribution < 1.29 is 18.8 Å². The Hall–Kier alpha value is -2.92. The average Bonchev–Trinajstić information content (AvgIpc) is 2.68. The predicted molar refractivity (Wildman–Crippen MR) is 98.8 cm³/mol. The van der Waals surface area contributed by atoms with Gasteiger partial charge in [-0.15, -0.1) is 0 Å². The molecule has 0 spiro atoms. The topological polar surface area (TPSA) is 52.3 Å². The lowest BCUT2D eigenvalue weighted by Crippen LogP contribution is -2.37. The summed E-state index contributed by atoms with van der Waals surface area (Å²) in [6, 6.07) is 14.3. The Balaban J connectivity index is 1.76. The molecule has 0 radical (unpaired) electrons. The van der Waals surface area contributed by atoms with Crippen molar-refractivity contribution >= 4 is 17.4 Å². The second-order valence-corrected chi connectivity index (χ2v) is 6.05. The van der Waals surface area contributed by atoms with Crippen molar-refractivity contribution in [3.8, 4) is 22.8 Å². The number of aromatic nitrogens is 2. The number of benzene rings is 2. The number of carbonyl (C=O) groups excluding carboxylic acids is 1. The Morgan fingerprint density at radius 3 is 2.38 bits per heavy atom. The maximum Gasteiger partial charge on any atom is 0.287 e. The minimum Gasteiger partial charge on any atom is -0.493 e. The minimum atomic E-state index is -0.00710. The van der Waals surface area contributed by atoms with Crippen LogP contribution in [0.25, 0.3) is 11.3 Å². The van der Waals surface area contributed by atoms with Crippen molar-refractivity contribution in [1.82, 2.24) is 4.98 Å². The minimum absolute atomic E-state index is 0.00710. The number of halogens is 1.